The van der Waals surface area contributed by atoms with E-state index in [2.05, 4.69) is 0 Å². The molecule has 1 rings (SSSR count). The van der Waals surface area contributed by atoms with Gasteiger partial charge in [0.1, 0.15) is 0 Å². The summed E-state index contributed by atoms with van der Waals surface area (Å²) in [5, 5.41) is 0. The highest BCUT2D eigenvalue weighted by Gasteiger charge is 2.27. The van der Waals surface area contributed by atoms with Crippen molar-refractivity contribution in [3.8, 4) is 0 Å². The number of para-hydroxylation sites is 1. The number of hydrogen-bond donors (Lipinski definition) is 0. The van der Waals surface area contributed by atoms with Crippen LogP contribution in [0.1, 0.15) is 20.8 Å². The van der Waals surface area contributed by atoms with Gasteiger partial charge in [-0.15, -0.1) is 0 Å². The van der Waals surface area contributed by atoms with Gasteiger partial charge in [-0.3, -0.25) is 4.79 Å². The van der Waals surface area contributed by atoms with Crippen molar-refractivity contribution in [2.75, 3.05) is 4.42 Å². The summed E-state index contributed by atoms with van der Waals surface area (Å²) < 4.78 is 1.17. The number of anilines is 1. The molecule has 0 aromatic heterocycles. The van der Waals surface area contributed by atoms with Crippen molar-refractivity contribution >= 4 is 23.4 Å². The lowest BCUT2D eigenvalue weighted by Gasteiger charge is -2.23. The Morgan fingerprint density at radius 3 is 2.14 bits per heavy atom. The fourth-order valence-corrected chi connectivity index (χ4v) is 1.34. The fourth-order valence-electron chi connectivity index (χ4n) is 0.971. The Hall–Kier alpha value is -1.02. The van der Waals surface area contributed by atoms with Gasteiger partial charge in [0.15, 0.2) is 0 Å². The average Bonchev–Trinajstić information content (AvgIpc) is 2.15. The van der Waals surface area contributed by atoms with E-state index in [4.69, 9.17) is 11.8 Å². The Morgan fingerprint density at radius 1 is 1.21 bits per heavy atom. The minimum atomic E-state index is -0.461. The van der Waals surface area contributed by atoms with Gasteiger partial charge >= 0.3 is 0 Å². The van der Waals surface area contributed by atoms with Gasteiger partial charge in [-0.05, 0) is 12.1 Å². The van der Waals surface area contributed by atoms with Crippen molar-refractivity contribution in [3.05, 3.63) is 30.3 Å². The summed E-state index contributed by atoms with van der Waals surface area (Å²) >= 11 is 5.93. The zero-order chi connectivity index (χ0) is 10.8. The number of nitrogens with zero attached hydrogens (tertiary/aromatic N) is 1. The highest BCUT2D eigenvalue weighted by Crippen LogP contribution is 2.24. The first-order chi connectivity index (χ1) is 6.43. The van der Waals surface area contributed by atoms with Crippen LogP contribution in [-0.2, 0) is 4.79 Å². The van der Waals surface area contributed by atoms with Gasteiger partial charge in [0.25, 0.3) is 0 Å². The van der Waals surface area contributed by atoms with E-state index < -0.39 is 5.41 Å². The van der Waals surface area contributed by atoms with Crippen molar-refractivity contribution < 1.29 is 4.79 Å². The summed E-state index contributed by atoms with van der Waals surface area (Å²) in [6, 6.07) is 9.18. The number of rotatable bonds is 1. The van der Waals surface area contributed by atoms with Crippen molar-refractivity contribution in [2.24, 2.45) is 5.41 Å². The minimum absolute atomic E-state index is 0.106. The minimum Gasteiger partial charge on any atom is -0.273 e. The third-order valence-electron chi connectivity index (χ3n) is 1.80. The zero-order valence-electron chi connectivity index (χ0n) is 8.62. The number of hydrogen-bond acceptors (Lipinski definition) is 1. The largest absolute Gasteiger partial charge is 0.273 e. The first-order valence-corrected chi connectivity index (χ1v) is 4.82. The van der Waals surface area contributed by atoms with Crippen molar-refractivity contribution in [3.63, 3.8) is 0 Å². The van der Waals surface area contributed by atoms with Crippen LogP contribution >= 0.6 is 11.8 Å². The molecule has 2 nitrogen and oxygen atoms in total. The average molecular weight is 212 g/mol. The van der Waals surface area contributed by atoms with E-state index in [1.54, 1.807) is 12.1 Å². The molecule has 0 atom stereocenters. The SMILES string of the molecule is CC(C)(C)C(=O)N(Cl)c1ccccc1. The highest BCUT2D eigenvalue weighted by atomic mass is 35.5. The van der Waals surface area contributed by atoms with E-state index in [9.17, 15) is 4.79 Å². The Kier molecular flexibility index (Phi) is 3.17. The molecular formula is C11H14ClNO. The first-order valence-electron chi connectivity index (χ1n) is 4.48. The van der Waals surface area contributed by atoms with E-state index in [0.717, 1.165) is 0 Å². The van der Waals surface area contributed by atoms with Gasteiger partial charge in [-0.2, -0.15) is 0 Å². The normalized spacial score (nSPS) is 11.1. The van der Waals surface area contributed by atoms with Crippen LogP contribution in [0.2, 0.25) is 0 Å². The summed E-state index contributed by atoms with van der Waals surface area (Å²) in [5.74, 6) is -0.106. The van der Waals surface area contributed by atoms with Crippen LogP contribution in [0.25, 0.3) is 0 Å². The third-order valence-corrected chi connectivity index (χ3v) is 2.15. The van der Waals surface area contributed by atoms with Gasteiger partial charge in [0.2, 0.25) is 5.91 Å². The van der Waals surface area contributed by atoms with Crippen molar-refractivity contribution in [2.45, 2.75) is 20.8 Å². The Bertz CT molecular complexity index is 316. The predicted octanol–water partition coefficient (Wildman–Crippen LogP) is 3.22. The molecule has 0 fully saturated rings. The third kappa shape index (κ3) is 2.48. The lowest BCUT2D eigenvalue weighted by molar-refractivity contribution is -0.124. The number of halogens is 1. The molecule has 1 amide bonds. The smallest absolute Gasteiger partial charge is 0.246 e. The van der Waals surface area contributed by atoms with Crippen LogP contribution < -0.4 is 4.42 Å². The summed E-state index contributed by atoms with van der Waals surface area (Å²) in [6.07, 6.45) is 0. The lowest BCUT2D eigenvalue weighted by Crippen LogP contribution is -2.33. The molecule has 0 bridgehead atoms. The zero-order valence-corrected chi connectivity index (χ0v) is 9.38. The van der Waals surface area contributed by atoms with E-state index in [-0.39, 0.29) is 5.91 Å². The van der Waals surface area contributed by atoms with E-state index in [1.165, 1.54) is 4.42 Å². The summed E-state index contributed by atoms with van der Waals surface area (Å²) in [5.41, 5.74) is 0.242. The van der Waals surface area contributed by atoms with Crippen molar-refractivity contribution in [1.29, 1.82) is 0 Å². The molecule has 76 valence electrons. The Labute approximate surface area is 89.6 Å². The molecule has 0 aliphatic carbocycles. The molecule has 0 saturated heterocycles. The van der Waals surface area contributed by atoms with Crippen LogP contribution in [0.4, 0.5) is 5.69 Å². The molecule has 1 aromatic rings. The molecule has 3 heteroatoms. The topological polar surface area (TPSA) is 20.3 Å². The molecule has 0 aliphatic rings. The Balaban J connectivity index is 2.87. The standard InChI is InChI=1S/C11H14ClNO/c1-11(2,3)10(14)13(12)9-7-5-4-6-8-9/h4-8H,1-3H3. The second-order valence-corrected chi connectivity index (χ2v) is 4.51. The molecular weight excluding hydrogens is 198 g/mol. The molecule has 0 heterocycles. The number of amides is 1. The molecule has 1 aromatic carbocycles. The van der Waals surface area contributed by atoms with Gasteiger partial charge < -0.3 is 0 Å². The predicted molar refractivity (Wildman–Crippen MR) is 59.2 cm³/mol. The van der Waals surface area contributed by atoms with Crippen LogP contribution in [0.3, 0.4) is 0 Å². The molecule has 14 heavy (non-hydrogen) atoms. The Morgan fingerprint density at radius 2 is 1.71 bits per heavy atom. The molecule has 0 radical (unpaired) electrons. The fraction of sp³-hybridized carbons (Fsp3) is 0.364. The van der Waals surface area contributed by atoms with Crippen LogP contribution in [0.5, 0.6) is 0 Å². The summed E-state index contributed by atoms with van der Waals surface area (Å²) in [7, 11) is 0. The van der Waals surface area contributed by atoms with Gasteiger partial charge in [-0.25, -0.2) is 4.42 Å². The van der Waals surface area contributed by atoms with Gasteiger partial charge in [0, 0.05) is 17.2 Å². The van der Waals surface area contributed by atoms with Crippen LogP contribution in [0.15, 0.2) is 30.3 Å². The van der Waals surface area contributed by atoms with E-state index in [1.807, 2.05) is 39.0 Å². The quantitative estimate of drug-likeness (QED) is 0.654. The first kappa shape index (κ1) is 11.1. The monoisotopic (exact) mass is 211 g/mol. The van der Waals surface area contributed by atoms with E-state index >= 15 is 0 Å². The number of carbonyl (C=O) groups is 1. The van der Waals surface area contributed by atoms with Crippen LogP contribution in [-0.4, -0.2) is 5.91 Å². The second kappa shape index (κ2) is 4.01. The maximum atomic E-state index is 11.8. The van der Waals surface area contributed by atoms with Gasteiger partial charge in [-0.1, -0.05) is 39.0 Å². The molecule has 0 N–H and O–H groups in total. The highest BCUT2D eigenvalue weighted by molar-refractivity contribution is 6.37. The molecule has 0 aliphatic heterocycles. The molecule has 0 unspecified atom stereocenters. The molecule has 0 saturated carbocycles. The number of carbonyl (C=O) groups excluding carboxylic acids is 1. The number of benzene rings is 1. The van der Waals surface area contributed by atoms with Crippen LogP contribution in [0, 0.1) is 5.41 Å². The second-order valence-electron chi connectivity index (χ2n) is 4.17. The maximum Gasteiger partial charge on any atom is 0.246 e. The lowest BCUT2D eigenvalue weighted by atomic mass is 9.95. The van der Waals surface area contributed by atoms with E-state index in [0.29, 0.717) is 5.69 Å². The summed E-state index contributed by atoms with van der Waals surface area (Å²) in [4.78, 5) is 11.8. The summed E-state index contributed by atoms with van der Waals surface area (Å²) in [6.45, 7) is 5.52. The maximum absolute atomic E-state index is 11.8. The van der Waals surface area contributed by atoms with Crippen molar-refractivity contribution in [1.82, 2.24) is 0 Å². The van der Waals surface area contributed by atoms with Gasteiger partial charge in [0.05, 0.1) is 5.69 Å². The molecule has 0 spiro atoms.